The van der Waals surface area contributed by atoms with E-state index in [0.29, 0.717) is 5.92 Å². The molecule has 8 aromatic carbocycles. The Morgan fingerprint density at radius 3 is 0.779 bits per heavy atom. The Bertz CT molecular complexity index is 3590. The van der Waals surface area contributed by atoms with Crippen molar-refractivity contribution in [3.63, 3.8) is 0 Å². The minimum absolute atomic E-state index is 0.257. The van der Waals surface area contributed by atoms with Gasteiger partial charge in [0.15, 0.2) is 0 Å². The van der Waals surface area contributed by atoms with Gasteiger partial charge in [-0.05, 0) is 0 Å². The first kappa shape index (κ1) is 61.9. The molecule has 0 fully saturated rings. The molecule has 0 saturated heterocycles. The molecule has 8 aromatic rings. The third kappa shape index (κ3) is 12.4. The summed E-state index contributed by atoms with van der Waals surface area (Å²) in [6, 6.07) is 74.5. The van der Waals surface area contributed by atoms with E-state index in [-0.39, 0.29) is 49.5 Å². The molecule has 0 N–H and O–H groups in total. The molecule has 436 valence electrons. The Morgan fingerprint density at radius 1 is 0.291 bits per heavy atom. The van der Waals surface area contributed by atoms with E-state index in [0.717, 1.165) is 6.42 Å². The van der Waals surface area contributed by atoms with E-state index in [1.54, 1.807) is 0 Å². The molecule has 0 unspecified atom stereocenters. The molecule has 0 aliphatic carbocycles. The van der Waals surface area contributed by atoms with Crippen molar-refractivity contribution in [3.05, 3.63) is 286 Å². The molecule has 2 radical (unpaired) electrons. The third-order valence-electron chi connectivity index (χ3n) is 17.6. The van der Waals surface area contributed by atoms with Gasteiger partial charge in [-0.15, -0.1) is 0 Å². The second-order valence-electron chi connectivity index (χ2n) is 25.8. The normalized spacial score (nSPS) is 14.3. The van der Waals surface area contributed by atoms with Gasteiger partial charge in [0, 0.05) is 0 Å². The number of nitrogens with zero attached hydrogens (tertiary/aromatic N) is 4. The third-order valence-corrected chi connectivity index (χ3v) is 22.3. The Hall–Kier alpha value is -7.15. The molecule has 0 amide bonds. The molecule has 2 aliphatic heterocycles. The first-order chi connectivity index (χ1) is 41.5. The van der Waals surface area contributed by atoms with Gasteiger partial charge in [0.05, 0.1) is 0 Å². The predicted molar refractivity (Wildman–Crippen MR) is 379 cm³/mol. The summed E-state index contributed by atoms with van der Waals surface area (Å²) < 4.78 is 2.90. The van der Waals surface area contributed by atoms with Gasteiger partial charge in [-0.3, -0.25) is 0 Å². The van der Waals surface area contributed by atoms with Crippen molar-refractivity contribution in [2.75, 3.05) is 19.2 Å². The first-order valence-electron chi connectivity index (χ1n) is 32.0. The van der Waals surface area contributed by atoms with E-state index in [2.05, 4.69) is 342 Å². The summed E-state index contributed by atoms with van der Waals surface area (Å²) in [5.41, 5.74) is 23.9. The van der Waals surface area contributed by atoms with Crippen LogP contribution in [0.4, 0.5) is 22.7 Å². The number of anilines is 4. The van der Waals surface area contributed by atoms with Crippen LogP contribution in [0.15, 0.2) is 219 Å². The van der Waals surface area contributed by atoms with Crippen molar-refractivity contribution in [2.24, 2.45) is 0 Å². The standard InChI is InChI=1S/C40H46BN2.C39H44BN2.Sn/c1-28(2)34-21-15-22-35(29(3)4)39(34)42-25-26-43(40-36(30(5)6)23-16-24-37(40)31(7)8)41(42)38(33-19-13-10-14-20-33)27-32-17-11-9-12-18-32;1-8-32-21-15-22-34(28(2)3)38(32)41-25-26-42(39-35(29(4)5)23-16-24-36(39)30(6)7)40(41)37(33-19-13-10-14-20-33)27-31-17-11-9-12-18-31;/h9-26,28-31H,1-8H3;9-26,28-30H,8H2,1-7H3;. The van der Waals surface area contributed by atoms with E-state index in [9.17, 15) is 0 Å². The molecule has 0 saturated carbocycles. The van der Waals surface area contributed by atoms with Crippen molar-refractivity contribution in [1.82, 2.24) is 0 Å². The van der Waals surface area contributed by atoms with E-state index < -0.39 is 21.1 Å². The number of rotatable bonds is 20. The van der Waals surface area contributed by atoms with Crippen molar-refractivity contribution < 1.29 is 0 Å². The van der Waals surface area contributed by atoms with Crippen LogP contribution >= 0.6 is 0 Å². The van der Waals surface area contributed by atoms with Crippen LogP contribution in [0.3, 0.4) is 0 Å². The predicted octanol–water partition coefficient (Wildman–Crippen LogP) is 21.3. The van der Waals surface area contributed by atoms with Gasteiger partial charge in [-0.25, -0.2) is 0 Å². The molecule has 0 atom stereocenters. The maximum absolute atomic E-state index is 2.70. The summed E-state index contributed by atoms with van der Waals surface area (Å²) in [5.74, 6) is 2.01. The van der Waals surface area contributed by atoms with Gasteiger partial charge in [0.1, 0.15) is 0 Å². The van der Waals surface area contributed by atoms with Gasteiger partial charge in [-0.2, -0.15) is 0 Å². The second kappa shape index (κ2) is 27.3. The van der Waals surface area contributed by atoms with Crippen molar-refractivity contribution in [1.29, 1.82) is 0 Å². The molecule has 0 bridgehead atoms. The summed E-state index contributed by atoms with van der Waals surface area (Å²) in [4.78, 5) is 10.8. The zero-order valence-corrected chi connectivity index (χ0v) is 56.8. The molecular weight excluding hydrogens is 1150 g/mol. The van der Waals surface area contributed by atoms with Crippen LogP contribution in [-0.4, -0.2) is 35.1 Å². The van der Waals surface area contributed by atoms with Crippen LogP contribution < -0.4 is 19.2 Å². The van der Waals surface area contributed by atoms with Crippen LogP contribution in [0.25, 0.3) is 18.1 Å². The topological polar surface area (TPSA) is 13.0 Å². The SMILES string of the molecule is CCc1cccc(C(C)C)c1N1C=CN(c2c(C(C)C)cccc2C(C)C)B1/C(=[C](\[Sn]/[C](=C(\B1N(c2c(C(C)C)cccc2C(C)C)C=CN1c1c(C(C)C)cccc1C(C)C)c1ccccc1)c1ccccc1)c1ccccc1)c1ccccc1. The zero-order valence-electron chi connectivity index (χ0n) is 54.0. The van der Waals surface area contributed by atoms with Gasteiger partial charge in [0.2, 0.25) is 0 Å². The summed E-state index contributed by atoms with van der Waals surface area (Å²) in [5, 5.41) is 0. The van der Waals surface area contributed by atoms with Gasteiger partial charge in [-0.1, -0.05) is 0 Å². The van der Waals surface area contributed by atoms with E-state index in [1.165, 1.54) is 108 Å². The molecule has 10 rings (SSSR count). The fourth-order valence-corrected chi connectivity index (χ4v) is 18.2. The van der Waals surface area contributed by atoms with Crippen molar-refractivity contribution in [3.8, 4) is 0 Å². The number of hydrogen-bond donors (Lipinski definition) is 0. The Balaban J connectivity index is 1.41. The Kier molecular flexibility index (Phi) is 19.6. The fourth-order valence-electron chi connectivity index (χ4n) is 13.3. The fraction of sp³-hybridized carbons (Fsp3) is 0.291. The maximum atomic E-state index is 2.70. The summed E-state index contributed by atoms with van der Waals surface area (Å²) in [7, 11) is 0. The molecule has 86 heavy (non-hydrogen) atoms. The van der Waals surface area contributed by atoms with Crippen molar-refractivity contribution >= 4 is 76.0 Å². The van der Waals surface area contributed by atoms with Crippen LogP contribution in [0, 0.1) is 0 Å². The average molecular weight is 1240 g/mol. The quantitative estimate of drug-likeness (QED) is 0.0557. The first-order valence-corrected chi connectivity index (χ1v) is 34.8. The minimum atomic E-state index is -2.11. The van der Waals surface area contributed by atoms with E-state index in [1.807, 2.05) is 0 Å². The summed E-state index contributed by atoms with van der Waals surface area (Å²) in [6.45, 7) is 35.0. The number of benzene rings is 8. The number of hydrogen-bond acceptors (Lipinski definition) is 4. The van der Waals surface area contributed by atoms with Crippen LogP contribution in [-0.2, 0) is 6.42 Å². The van der Waals surface area contributed by atoms with Gasteiger partial charge in [0.25, 0.3) is 0 Å². The van der Waals surface area contributed by atoms with E-state index in [4.69, 9.17) is 0 Å². The van der Waals surface area contributed by atoms with Gasteiger partial charge < -0.3 is 0 Å². The second-order valence-corrected chi connectivity index (χ2v) is 29.4. The Labute approximate surface area is 528 Å². The number of para-hydroxylation sites is 4. The van der Waals surface area contributed by atoms with Crippen LogP contribution in [0.2, 0.25) is 0 Å². The molecule has 2 heterocycles. The van der Waals surface area contributed by atoms with E-state index >= 15 is 0 Å². The zero-order chi connectivity index (χ0) is 60.9. The molecule has 0 aromatic heterocycles. The van der Waals surface area contributed by atoms with Crippen LogP contribution in [0.1, 0.15) is 212 Å². The Morgan fingerprint density at radius 2 is 0.523 bits per heavy atom. The molecule has 7 heteroatoms. The monoisotopic (exact) mass is 1240 g/mol. The molecular formula is C79H90B2N4Sn. The summed E-state index contributed by atoms with van der Waals surface area (Å²) in [6.07, 6.45) is 10.7. The summed E-state index contributed by atoms with van der Waals surface area (Å²) >= 11 is -2.11. The average Bonchev–Trinajstić information content (AvgIpc) is 1.55. The van der Waals surface area contributed by atoms with Gasteiger partial charge >= 0.3 is 533 Å². The molecule has 2 aliphatic rings. The van der Waals surface area contributed by atoms with Crippen molar-refractivity contribution in [2.45, 2.75) is 152 Å². The number of aryl methyl sites for hydroxylation is 1. The molecule has 4 nitrogen and oxygen atoms in total. The molecule has 0 spiro atoms. The van der Waals surface area contributed by atoms with Crippen LogP contribution in [0.5, 0.6) is 0 Å².